The Morgan fingerprint density at radius 3 is 1.60 bits per heavy atom. The van der Waals surface area contributed by atoms with Gasteiger partial charge in [-0.3, -0.25) is 19.3 Å². The molecular formula is C45H58N6O10S. The van der Waals surface area contributed by atoms with Gasteiger partial charge in [0.1, 0.15) is 0 Å². The molecule has 2 aromatic heterocycles. The summed E-state index contributed by atoms with van der Waals surface area (Å²) in [7, 11) is 5.19. The Labute approximate surface area is 363 Å². The zero-order chi connectivity index (χ0) is 44.9. The molecule has 3 N–H and O–H groups in total. The molecule has 17 heteroatoms. The van der Waals surface area contributed by atoms with Gasteiger partial charge in [-0.25, -0.2) is 9.97 Å². The normalized spacial score (nSPS) is 22.2. The predicted octanol–water partition coefficient (Wildman–Crippen LogP) is 4.94. The van der Waals surface area contributed by atoms with Crippen molar-refractivity contribution in [3.63, 3.8) is 0 Å². The molecule has 2 aromatic carbocycles. The zero-order valence-corrected chi connectivity index (χ0v) is 37.4. The molecule has 2 fully saturated rings. The van der Waals surface area contributed by atoms with Crippen LogP contribution in [0.4, 0.5) is 5.95 Å². The van der Waals surface area contributed by atoms with Crippen molar-refractivity contribution in [2.45, 2.75) is 88.5 Å². The highest BCUT2D eigenvalue weighted by atomic mass is 32.2. The second-order valence-electron chi connectivity index (χ2n) is 16.0. The van der Waals surface area contributed by atoms with Crippen LogP contribution in [0, 0.1) is 0 Å². The van der Waals surface area contributed by atoms with Crippen molar-refractivity contribution in [1.82, 2.24) is 14.5 Å². The van der Waals surface area contributed by atoms with Crippen molar-refractivity contribution in [2.24, 2.45) is 17.0 Å². The lowest BCUT2D eigenvalue weighted by Crippen LogP contribution is -2.34. The molecule has 0 radical (unpaired) electrons. The molecule has 4 aromatic rings. The summed E-state index contributed by atoms with van der Waals surface area (Å²) in [6, 6.07) is 11.7. The molecule has 0 bridgehead atoms. The fraction of sp³-hybridized carbons (Fsp3) is 0.489. The van der Waals surface area contributed by atoms with E-state index < -0.39 is 10.1 Å². The monoisotopic (exact) mass is 874 g/mol. The van der Waals surface area contributed by atoms with Crippen molar-refractivity contribution < 1.29 is 42.1 Å². The molecule has 4 aliphatic rings. The lowest BCUT2D eigenvalue weighted by molar-refractivity contribution is 0.110. The van der Waals surface area contributed by atoms with Crippen LogP contribution in [-0.2, 0) is 17.2 Å². The Bertz CT molecular complexity index is 2450. The van der Waals surface area contributed by atoms with Crippen LogP contribution in [0.25, 0.3) is 0 Å². The number of aliphatic hydroxyl groups is 2. The number of benzene rings is 2. The molecule has 6 atom stereocenters. The molecule has 0 saturated heterocycles. The van der Waals surface area contributed by atoms with Gasteiger partial charge in [-0.15, -0.1) is 0 Å². The minimum atomic E-state index is -3.67. The number of pyridine rings is 1. The number of anilines is 1. The van der Waals surface area contributed by atoms with E-state index in [1.807, 2.05) is 75.7 Å². The van der Waals surface area contributed by atoms with Crippen LogP contribution in [0.3, 0.4) is 0 Å². The van der Waals surface area contributed by atoms with Gasteiger partial charge in [0.2, 0.25) is 11.5 Å². The molecule has 2 aliphatic carbocycles. The van der Waals surface area contributed by atoms with E-state index in [1.54, 1.807) is 31.9 Å². The van der Waals surface area contributed by atoms with Crippen LogP contribution in [0.2, 0.25) is 0 Å². The third-order valence-electron chi connectivity index (χ3n) is 11.4. The van der Waals surface area contributed by atoms with E-state index in [2.05, 4.69) is 16.0 Å². The fourth-order valence-corrected chi connectivity index (χ4v) is 8.61. The molecule has 4 heterocycles. The summed E-state index contributed by atoms with van der Waals surface area (Å²) in [5.41, 5.74) is 7.74. The first kappa shape index (κ1) is 46.2. The molecule has 16 nitrogen and oxygen atoms in total. The van der Waals surface area contributed by atoms with Crippen LogP contribution >= 0.6 is 0 Å². The largest absolute Gasteiger partial charge is 0.493 e. The average molecular weight is 875 g/mol. The van der Waals surface area contributed by atoms with Gasteiger partial charge in [0, 0.05) is 79.9 Å². The number of nitrogens with zero attached hydrogens (tertiary/aromatic N) is 6. The Balaban J connectivity index is 0.000000187. The maximum absolute atomic E-state index is 11.8. The number of hydrogen-bond donors (Lipinski definition) is 3. The minimum absolute atomic E-state index is 0.0525. The number of fused-ring (bicyclic) bond motifs is 6. The quantitative estimate of drug-likeness (QED) is 0.191. The van der Waals surface area contributed by atoms with Gasteiger partial charge in [0.05, 0.1) is 69.4 Å². The van der Waals surface area contributed by atoms with Crippen LogP contribution in [0.1, 0.15) is 97.6 Å². The molecule has 2 aliphatic heterocycles. The summed E-state index contributed by atoms with van der Waals surface area (Å²) >= 11 is 0. The van der Waals surface area contributed by atoms with Gasteiger partial charge in [0.15, 0.2) is 23.0 Å². The number of aromatic nitrogens is 3. The van der Waals surface area contributed by atoms with Crippen LogP contribution in [0.15, 0.2) is 69.8 Å². The van der Waals surface area contributed by atoms with E-state index in [-0.39, 0.29) is 41.7 Å². The molecule has 0 amide bonds. The highest BCUT2D eigenvalue weighted by Crippen LogP contribution is 2.46. The molecular weight excluding hydrogens is 817 g/mol. The summed E-state index contributed by atoms with van der Waals surface area (Å²) in [4.78, 5) is 32.8. The van der Waals surface area contributed by atoms with E-state index in [1.165, 1.54) is 0 Å². The van der Waals surface area contributed by atoms with Crippen molar-refractivity contribution in [2.75, 3.05) is 52.7 Å². The number of methoxy groups -OCH3 is 2. The van der Waals surface area contributed by atoms with Gasteiger partial charge < -0.3 is 38.6 Å². The lowest BCUT2D eigenvalue weighted by Gasteiger charge is -2.37. The van der Waals surface area contributed by atoms with Crippen molar-refractivity contribution in [3.8, 4) is 23.0 Å². The maximum atomic E-state index is 11.8. The van der Waals surface area contributed by atoms with E-state index in [0.717, 1.165) is 76.2 Å². The number of hydrogen-bond acceptors (Lipinski definition) is 14. The summed E-state index contributed by atoms with van der Waals surface area (Å²) in [5, 5.41) is 20.5. The number of aliphatic imine (C=N–C) groups is 2. The number of ether oxygens (including phenoxy) is 4. The number of aryl methyl sites for hydroxylation is 1. The summed E-state index contributed by atoms with van der Waals surface area (Å²) in [6.45, 7) is 5.02. The van der Waals surface area contributed by atoms with Gasteiger partial charge in [0.25, 0.3) is 10.1 Å². The highest BCUT2D eigenvalue weighted by Gasteiger charge is 2.39. The van der Waals surface area contributed by atoms with Crippen LogP contribution < -0.4 is 29.4 Å². The van der Waals surface area contributed by atoms with Crippen molar-refractivity contribution in [3.05, 3.63) is 98.7 Å². The Morgan fingerprint density at radius 1 is 0.742 bits per heavy atom. The standard InChI is InChI=1S/C22H28N4O3.C22H26N2O4.CH4O3S/c1-5-29-20-9-15-16-8-14(27)6-7-18(16)25-21(17(15)10-19(20)28-4)13-11-23-22(24-12-13)26(2)3;1-4-28-20-10-15-16-9-14(25)6-7-18(16)23-22(17(15)11-19(20)27-3)13-5-8-21(26)24(2)12-13;1-5(2,3)4/h9-12,14,16,18,27H,5-8H2,1-4H3;5,8,10-12,14,16,18,25H,4,6-7,9H2,1-3H3;1H3,(H,2,3,4)/t2*14-,16-,18-;/m11./s1. The van der Waals surface area contributed by atoms with E-state index in [0.29, 0.717) is 55.5 Å². The lowest BCUT2D eigenvalue weighted by atomic mass is 9.74. The van der Waals surface area contributed by atoms with E-state index in [4.69, 9.17) is 33.5 Å². The molecule has 62 heavy (non-hydrogen) atoms. The predicted molar refractivity (Wildman–Crippen MR) is 238 cm³/mol. The second-order valence-corrected chi connectivity index (χ2v) is 17.5. The molecule has 8 rings (SSSR count). The summed E-state index contributed by atoms with van der Waals surface area (Å²) in [5.74, 6) is 3.77. The first-order valence-electron chi connectivity index (χ1n) is 20.8. The Hall–Kier alpha value is -5.36. The van der Waals surface area contributed by atoms with Gasteiger partial charge >= 0.3 is 0 Å². The first-order chi connectivity index (χ1) is 29.5. The van der Waals surface area contributed by atoms with Crippen molar-refractivity contribution in [1.29, 1.82) is 0 Å². The van der Waals surface area contributed by atoms with E-state index in [9.17, 15) is 23.4 Å². The molecule has 0 spiro atoms. The Kier molecular flexibility index (Phi) is 14.7. The van der Waals surface area contributed by atoms with Gasteiger partial charge in [-0.1, -0.05) is 0 Å². The molecule has 2 saturated carbocycles. The number of rotatable bonds is 9. The molecule has 0 unspecified atom stereocenters. The minimum Gasteiger partial charge on any atom is -0.493 e. The summed E-state index contributed by atoms with van der Waals surface area (Å²) < 4.78 is 50.2. The van der Waals surface area contributed by atoms with E-state index >= 15 is 0 Å². The zero-order valence-electron chi connectivity index (χ0n) is 36.6. The van der Waals surface area contributed by atoms with Crippen LogP contribution in [0.5, 0.6) is 23.0 Å². The first-order valence-corrected chi connectivity index (χ1v) is 22.7. The average Bonchev–Trinajstić information content (AvgIpc) is 3.23. The fourth-order valence-electron chi connectivity index (χ4n) is 8.61. The Morgan fingerprint density at radius 2 is 1.19 bits per heavy atom. The van der Waals surface area contributed by atoms with Gasteiger partial charge in [-0.05, 0) is 93.8 Å². The third-order valence-corrected chi connectivity index (χ3v) is 11.4. The summed E-state index contributed by atoms with van der Waals surface area (Å²) in [6.07, 6.45) is 10.2. The second kappa shape index (κ2) is 19.8. The number of aliphatic hydroxyl groups excluding tert-OH is 2. The maximum Gasteiger partial charge on any atom is 0.261 e. The highest BCUT2D eigenvalue weighted by molar-refractivity contribution is 7.85. The topological polar surface area (TPSA) is 207 Å². The van der Waals surface area contributed by atoms with Crippen LogP contribution in [-0.4, -0.2) is 121 Å². The SMILES string of the molecule is CCOc1cc2c(cc1OC)C(c1ccc(=O)n(C)c1)=N[C@@H]1CC[C@@H](O)C[C@H]21.CCOc1cc2c(cc1OC)C(c1cnc(N(C)C)nc1)=N[C@@H]1CC[C@@H](O)C[C@H]21.CS(=O)(=O)O. The molecule has 334 valence electrons. The smallest absolute Gasteiger partial charge is 0.261 e. The van der Waals surface area contributed by atoms with Crippen molar-refractivity contribution >= 4 is 27.5 Å². The third kappa shape index (κ3) is 10.6. The van der Waals surface area contributed by atoms with Gasteiger partial charge in [-0.2, -0.15) is 8.42 Å².